The fourth-order valence-corrected chi connectivity index (χ4v) is 2.97. The van der Waals surface area contributed by atoms with Gasteiger partial charge in [0, 0.05) is 12.0 Å². The van der Waals surface area contributed by atoms with Gasteiger partial charge in [0.05, 0.1) is 19.8 Å². The first-order valence-electron chi connectivity index (χ1n) is 8.66. The molecule has 1 atom stereocenters. The number of ether oxygens (including phenoxy) is 3. The number of carbonyl (C=O) groups excluding carboxylic acids is 1. The van der Waals surface area contributed by atoms with Crippen molar-refractivity contribution in [3.05, 3.63) is 59.7 Å². The predicted molar refractivity (Wildman–Crippen MR) is 101 cm³/mol. The first kappa shape index (κ1) is 17.9. The summed E-state index contributed by atoms with van der Waals surface area (Å²) in [5.41, 5.74) is 2.01. The monoisotopic (exact) mass is 353 g/mol. The predicted octanol–water partition coefficient (Wildman–Crippen LogP) is 3.75. The maximum atomic E-state index is 12.3. The molecule has 1 heterocycles. The van der Waals surface area contributed by atoms with Crippen molar-refractivity contribution in [3.8, 4) is 17.2 Å². The Bertz CT molecular complexity index is 800. The van der Waals surface area contributed by atoms with E-state index in [1.54, 1.807) is 7.11 Å². The van der Waals surface area contributed by atoms with Gasteiger partial charge in [-0.25, -0.2) is 0 Å². The molecule has 0 saturated carbocycles. The second-order valence-electron chi connectivity index (χ2n) is 5.99. The minimum atomic E-state index is -0.175. The van der Waals surface area contributed by atoms with Crippen LogP contribution in [0.1, 0.15) is 30.5 Å². The normalized spacial score (nSPS) is 15.8. The highest BCUT2D eigenvalue weighted by atomic mass is 16.5. The molecule has 1 unspecified atom stereocenters. The Hall–Kier alpha value is -2.95. The van der Waals surface area contributed by atoms with Crippen LogP contribution in [0.5, 0.6) is 17.2 Å². The van der Waals surface area contributed by atoms with E-state index in [9.17, 15) is 4.79 Å². The Labute approximate surface area is 153 Å². The zero-order valence-corrected chi connectivity index (χ0v) is 15.0. The number of hydrogen-bond acceptors (Lipinski definition) is 4. The summed E-state index contributed by atoms with van der Waals surface area (Å²) < 4.78 is 16.6. The number of para-hydroxylation sites is 1. The maximum Gasteiger partial charge on any atom is 0.258 e. The minimum absolute atomic E-state index is 0.0602. The molecule has 26 heavy (non-hydrogen) atoms. The SMILES string of the molecule is C/C=C/c1ccc(OCC(=O)NC2CCOc3ccccc32)c(OC)c1. The lowest BCUT2D eigenvalue weighted by molar-refractivity contribution is -0.124. The van der Waals surface area contributed by atoms with E-state index < -0.39 is 0 Å². The van der Waals surface area contributed by atoms with E-state index in [1.165, 1.54) is 0 Å². The Kier molecular flexibility index (Phi) is 5.79. The van der Waals surface area contributed by atoms with Gasteiger partial charge < -0.3 is 19.5 Å². The van der Waals surface area contributed by atoms with E-state index in [0.717, 1.165) is 23.3 Å². The summed E-state index contributed by atoms with van der Waals surface area (Å²) in [6, 6.07) is 13.3. The lowest BCUT2D eigenvalue weighted by atomic mass is 10.0. The van der Waals surface area contributed by atoms with Crippen LogP contribution in [-0.4, -0.2) is 26.2 Å². The quantitative estimate of drug-likeness (QED) is 0.859. The van der Waals surface area contributed by atoms with Gasteiger partial charge in [-0.15, -0.1) is 0 Å². The van der Waals surface area contributed by atoms with Crippen molar-refractivity contribution < 1.29 is 19.0 Å². The minimum Gasteiger partial charge on any atom is -0.493 e. The fraction of sp³-hybridized carbons (Fsp3) is 0.286. The Morgan fingerprint density at radius 2 is 2.12 bits per heavy atom. The van der Waals surface area contributed by atoms with Gasteiger partial charge in [-0.3, -0.25) is 4.79 Å². The van der Waals surface area contributed by atoms with Crippen LogP contribution in [-0.2, 0) is 4.79 Å². The van der Waals surface area contributed by atoms with Crippen molar-refractivity contribution in [3.63, 3.8) is 0 Å². The van der Waals surface area contributed by atoms with Gasteiger partial charge in [0.2, 0.25) is 0 Å². The Morgan fingerprint density at radius 3 is 2.92 bits per heavy atom. The van der Waals surface area contributed by atoms with Crippen LogP contribution in [0.4, 0.5) is 0 Å². The zero-order valence-electron chi connectivity index (χ0n) is 15.0. The van der Waals surface area contributed by atoms with Crippen molar-refractivity contribution >= 4 is 12.0 Å². The maximum absolute atomic E-state index is 12.3. The average molecular weight is 353 g/mol. The molecule has 1 N–H and O–H groups in total. The molecule has 1 aliphatic rings. The molecule has 0 spiro atoms. The van der Waals surface area contributed by atoms with Gasteiger partial charge >= 0.3 is 0 Å². The van der Waals surface area contributed by atoms with Crippen LogP contribution < -0.4 is 19.5 Å². The summed E-state index contributed by atoms with van der Waals surface area (Å²) in [6.07, 6.45) is 4.67. The van der Waals surface area contributed by atoms with E-state index in [-0.39, 0.29) is 18.6 Å². The van der Waals surface area contributed by atoms with E-state index >= 15 is 0 Å². The van der Waals surface area contributed by atoms with Gasteiger partial charge in [-0.1, -0.05) is 36.4 Å². The van der Waals surface area contributed by atoms with Crippen LogP contribution in [0.25, 0.3) is 6.08 Å². The molecule has 136 valence electrons. The third-order valence-electron chi connectivity index (χ3n) is 4.20. The molecule has 2 aromatic carbocycles. The summed E-state index contributed by atoms with van der Waals surface area (Å²) in [4.78, 5) is 12.3. The van der Waals surface area contributed by atoms with Crippen LogP contribution in [0.3, 0.4) is 0 Å². The van der Waals surface area contributed by atoms with E-state index in [1.807, 2.05) is 61.5 Å². The third kappa shape index (κ3) is 4.17. The van der Waals surface area contributed by atoms with Gasteiger partial charge in [-0.2, -0.15) is 0 Å². The van der Waals surface area contributed by atoms with E-state index in [2.05, 4.69) is 5.32 Å². The summed E-state index contributed by atoms with van der Waals surface area (Å²) in [7, 11) is 1.58. The lowest BCUT2D eigenvalue weighted by Gasteiger charge is -2.26. The number of nitrogens with one attached hydrogen (secondary N) is 1. The van der Waals surface area contributed by atoms with Crippen molar-refractivity contribution in [2.24, 2.45) is 0 Å². The summed E-state index contributed by atoms with van der Waals surface area (Å²) in [5, 5.41) is 3.02. The van der Waals surface area contributed by atoms with Gasteiger partial charge in [0.1, 0.15) is 5.75 Å². The topological polar surface area (TPSA) is 56.8 Å². The first-order chi connectivity index (χ1) is 12.7. The second-order valence-corrected chi connectivity index (χ2v) is 5.99. The average Bonchev–Trinajstić information content (AvgIpc) is 2.67. The van der Waals surface area contributed by atoms with Crippen molar-refractivity contribution in [1.82, 2.24) is 5.32 Å². The van der Waals surface area contributed by atoms with Crippen LogP contribution >= 0.6 is 0 Å². The number of benzene rings is 2. The smallest absolute Gasteiger partial charge is 0.258 e. The number of carbonyl (C=O) groups is 1. The lowest BCUT2D eigenvalue weighted by Crippen LogP contribution is -2.35. The van der Waals surface area contributed by atoms with Crippen molar-refractivity contribution in [2.45, 2.75) is 19.4 Å². The molecule has 5 nitrogen and oxygen atoms in total. The summed E-state index contributed by atoms with van der Waals surface area (Å²) in [6.45, 7) is 2.47. The standard InChI is InChI=1S/C21H23NO4/c1-3-6-15-9-10-19(20(13-15)24-2)26-14-21(23)22-17-11-12-25-18-8-5-4-7-16(17)18/h3-10,13,17H,11-12,14H2,1-2H3,(H,22,23)/b6-3+. The first-order valence-corrected chi connectivity index (χ1v) is 8.66. The molecule has 0 saturated heterocycles. The fourth-order valence-electron chi connectivity index (χ4n) is 2.97. The van der Waals surface area contributed by atoms with Crippen molar-refractivity contribution in [2.75, 3.05) is 20.3 Å². The van der Waals surface area contributed by atoms with Crippen LogP contribution in [0, 0.1) is 0 Å². The molecule has 1 amide bonds. The Balaban J connectivity index is 1.61. The summed E-state index contributed by atoms with van der Waals surface area (Å²) in [5.74, 6) is 1.80. The third-order valence-corrected chi connectivity index (χ3v) is 4.20. The molecule has 1 aliphatic heterocycles. The van der Waals surface area contributed by atoms with Crippen molar-refractivity contribution in [1.29, 1.82) is 0 Å². The molecule has 2 aromatic rings. The van der Waals surface area contributed by atoms with E-state index in [0.29, 0.717) is 18.1 Å². The molecule has 0 radical (unpaired) electrons. The van der Waals surface area contributed by atoms with E-state index in [4.69, 9.17) is 14.2 Å². The number of hydrogen-bond donors (Lipinski definition) is 1. The molecule has 0 fully saturated rings. The number of methoxy groups -OCH3 is 1. The molecule has 3 rings (SSSR count). The van der Waals surface area contributed by atoms with Gasteiger partial charge in [-0.05, 0) is 30.7 Å². The molecule has 0 aromatic heterocycles. The van der Waals surface area contributed by atoms with Crippen LogP contribution in [0.2, 0.25) is 0 Å². The number of fused-ring (bicyclic) bond motifs is 1. The molecule has 0 bridgehead atoms. The molecule has 0 aliphatic carbocycles. The highest BCUT2D eigenvalue weighted by Crippen LogP contribution is 2.32. The largest absolute Gasteiger partial charge is 0.493 e. The van der Waals surface area contributed by atoms with Crippen LogP contribution in [0.15, 0.2) is 48.5 Å². The highest BCUT2D eigenvalue weighted by molar-refractivity contribution is 5.78. The number of rotatable bonds is 6. The summed E-state index contributed by atoms with van der Waals surface area (Å²) >= 11 is 0. The molecular formula is C21H23NO4. The van der Waals surface area contributed by atoms with Gasteiger partial charge in [0.15, 0.2) is 18.1 Å². The second kappa shape index (κ2) is 8.43. The molecule has 5 heteroatoms. The van der Waals surface area contributed by atoms with Gasteiger partial charge in [0.25, 0.3) is 5.91 Å². The highest BCUT2D eigenvalue weighted by Gasteiger charge is 2.22. The number of allylic oxidation sites excluding steroid dienone is 1. The number of amides is 1. The Morgan fingerprint density at radius 1 is 1.27 bits per heavy atom. The zero-order chi connectivity index (χ0) is 18.4. The molecular weight excluding hydrogens is 330 g/mol.